The molecule has 1 heterocycles. The summed E-state index contributed by atoms with van der Waals surface area (Å²) in [6, 6.07) is 20.0. The fourth-order valence-corrected chi connectivity index (χ4v) is 2.70. The predicted octanol–water partition coefficient (Wildman–Crippen LogP) is 3.68. The smallest absolute Gasteiger partial charge is 0.228 e. The number of amides is 1. The van der Waals surface area contributed by atoms with Crippen molar-refractivity contribution in [2.45, 2.75) is 26.2 Å². The van der Waals surface area contributed by atoms with E-state index in [2.05, 4.69) is 27.6 Å². The highest BCUT2D eigenvalue weighted by molar-refractivity contribution is 5.93. The first-order valence-corrected chi connectivity index (χ1v) is 8.14. The molecule has 0 radical (unpaired) electrons. The molecular formula is C20H21N3O. The first-order valence-electron chi connectivity index (χ1n) is 8.14. The van der Waals surface area contributed by atoms with E-state index in [0.717, 1.165) is 35.5 Å². The van der Waals surface area contributed by atoms with E-state index in [1.54, 1.807) is 0 Å². The van der Waals surface area contributed by atoms with Crippen molar-refractivity contribution in [3.63, 3.8) is 0 Å². The Morgan fingerprint density at radius 1 is 0.958 bits per heavy atom. The van der Waals surface area contributed by atoms with Gasteiger partial charge in [0.05, 0.1) is 23.5 Å². The maximum Gasteiger partial charge on any atom is 0.228 e. The molecule has 0 aliphatic heterocycles. The van der Waals surface area contributed by atoms with Gasteiger partial charge in [-0.2, -0.15) is 5.10 Å². The summed E-state index contributed by atoms with van der Waals surface area (Å²) in [5.74, 6) is -0.0216. The Labute approximate surface area is 141 Å². The zero-order valence-corrected chi connectivity index (χ0v) is 13.8. The van der Waals surface area contributed by atoms with E-state index in [0.29, 0.717) is 6.42 Å². The highest BCUT2D eigenvalue weighted by Gasteiger charge is 2.13. The molecule has 0 atom stereocenters. The van der Waals surface area contributed by atoms with Crippen LogP contribution >= 0.6 is 0 Å². The molecule has 0 aliphatic carbocycles. The number of hydrogen-bond donors (Lipinski definition) is 2. The molecule has 3 rings (SSSR count). The summed E-state index contributed by atoms with van der Waals surface area (Å²) in [6.07, 6.45) is 2.05. The van der Waals surface area contributed by atoms with Crippen molar-refractivity contribution < 1.29 is 4.79 Å². The second-order valence-corrected chi connectivity index (χ2v) is 5.87. The Hall–Kier alpha value is -2.88. The lowest BCUT2D eigenvalue weighted by molar-refractivity contribution is -0.115. The van der Waals surface area contributed by atoms with Crippen molar-refractivity contribution in [2.24, 2.45) is 0 Å². The number of aryl methyl sites for hydroxylation is 3. The van der Waals surface area contributed by atoms with Gasteiger partial charge in [-0.1, -0.05) is 60.7 Å². The highest BCUT2D eigenvalue weighted by Crippen LogP contribution is 2.20. The second-order valence-electron chi connectivity index (χ2n) is 5.87. The van der Waals surface area contributed by atoms with Gasteiger partial charge in [-0.15, -0.1) is 0 Å². The van der Waals surface area contributed by atoms with Gasteiger partial charge in [0.1, 0.15) is 0 Å². The number of H-pyrrole nitrogens is 1. The van der Waals surface area contributed by atoms with Gasteiger partial charge in [0.25, 0.3) is 0 Å². The Morgan fingerprint density at radius 2 is 1.58 bits per heavy atom. The maximum absolute atomic E-state index is 12.3. The van der Waals surface area contributed by atoms with Crippen LogP contribution in [0.4, 0.5) is 5.69 Å². The van der Waals surface area contributed by atoms with E-state index in [9.17, 15) is 4.79 Å². The van der Waals surface area contributed by atoms with Crippen molar-refractivity contribution in [1.29, 1.82) is 0 Å². The SMILES string of the molecule is Cc1[nH]nc(CCc2ccccc2)c1NC(=O)Cc1ccccc1. The number of aromatic nitrogens is 2. The molecule has 0 fully saturated rings. The van der Waals surface area contributed by atoms with Crippen LogP contribution in [0.3, 0.4) is 0 Å². The van der Waals surface area contributed by atoms with Crippen molar-refractivity contribution in [3.05, 3.63) is 83.2 Å². The normalized spacial score (nSPS) is 10.5. The summed E-state index contributed by atoms with van der Waals surface area (Å²) in [4.78, 5) is 12.3. The average Bonchev–Trinajstić information content (AvgIpc) is 2.95. The highest BCUT2D eigenvalue weighted by atomic mass is 16.1. The van der Waals surface area contributed by atoms with Crippen molar-refractivity contribution in [1.82, 2.24) is 10.2 Å². The van der Waals surface area contributed by atoms with Gasteiger partial charge in [0, 0.05) is 0 Å². The second kappa shape index (κ2) is 7.59. The largest absolute Gasteiger partial charge is 0.323 e. The van der Waals surface area contributed by atoms with E-state index in [4.69, 9.17) is 0 Å². The minimum atomic E-state index is -0.0216. The van der Waals surface area contributed by atoms with E-state index in [-0.39, 0.29) is 5.91 Å². The third-order valence-corrected chi connectivity index (χ3v) is 3.99. The van der Waals surface area contributed by atoms with E-state index in [1.165, 1.54) is 5.56 Å². The fourth-order valence-electron chi connectivity index (χ4n) is 2.70. The zero-order chi connectivity index (χ0) is 16.8. The van der Waals surface area contributed by atoms with Gasteiger partial charge in [0.2, 0.25) is 5.91 Å². The lowest BCUT2D eigenvalue weighted by Crippen LogP contribution is -2.16. The number of carbonyl (C=O) groups is 1. The Kier molecular flexibility index (Phi) is 5.06. The number of nitrogens with zero attached hydrogens (tertiary/aromatic N) is 1. The quantitative estimate of drug-likeness (QED) is 0.728. The van der Waals surface area contributed by atoms with Crippen LogP contribution in [0.5, 0.6) is 0 Å². The number of carbonyl (C=O) groups excluding carboxylic acids is 1. The molecule has 2 N–H and O–H groups in total. The van der Waals surface area contributed by atoms with E-state index >= 15 is 0 Å². The molecule has 0 bridgehead atoms. The molecule has 1 amide bonds. The number of rotatable bonds is 6. The Balaban J connectivity index is 1.65. The van der Waals surface area contributed by atoms with Crippen molar-refractivity contribution >= 4 is 11.6 Å². The van der Waals surface area contributed by atoms with Crippen molar-refractivity contribution in [3.8, 4) is 0 Å². The summed E-state index contributed by atoms with van der Waals surface area (Å²) in [6.45, 7) is 1.93. The molecule has 1 aromatic heterocycles. The minimum absolute atomic E-state index is 0.0216. The van der Waals surface area contributed by atoms with Crippen LogP contribution in [0.1, 0.15) is 22.5 Å². The van der Waals surface area contributed by atoms with Gasteiger partial charge >= 0.3 is 0 Å². The van der Waals surface area contributed by atoms with Gasteiger partial charge in [-0.05, 0) is 30.9 Å². The van der Waals surface area contributed by atoms with Crippen LogP contribution in [0.2, 0.25) is 0 Å². The molecule has 0 saturated heterocycles. The predicted molar refractivity (Wildman–Crippen MR) is 96.0 cm³/mol. The lowest BCUT2D eigenvalue weighted by atomic mass is 10.1. The Morgan fingerprint density at radius 3 is 2.25 bits per heavy atom. The van der Waals surface area contributed by atoms with Gasteiger partial charge in [-0.3, -0.25) is 9.89 Å². The number of aromatic amines is 1. The number of anilines is 1. The van der Waals surface area contributed by atoms with Crippen LogP contribution in [0, 0.1) is 6.92 Å². The van der Waals surface area contributed by atoms with E-state index < -0.39 is 0 Å². The van der Waals surface area contributed by atoms with Crippen LogP contribution < -0.4 is 5.32 Å². The molecule has 0 spiro atoms. The molecule has 122 valence electrons. The molecule has 2 aromatic carbocycles. The standard InChI is InChI=1S/C20H21N3O/c1-15-20(21-19(24)14-17-10-6-3-7-11-17)18(23-22-15)13-12-16-8-4-2-5-9-16/h2-11H,12-14H2,1H3,(H,21,24)(H,22,23). The first-order chi connectivity index (χ1) is 11.7. The molecule has 24 heavy (non-hydrogen) atoms. The van der Waals surface area contributed by atoms with Crippen LogP contribution in [-0.2, 0) is 24.1 Å². The van der Waals surface area contributed by atoms with Crippen LogP contribution in [-0.4, -0.2) is 16.1 Å². The Bertz CT molecular complexity index is 794. The zero-order valence-electron chi connectivity index (χ0n) is 13.8. The third-order valence-electron chi connectivity index (χ3n) is 3.99. The van der Waals surface area contributed by atoms with Crippen LogP contribution in [0.25, 0.3) is 0 Å². The average molecular weight is 319 g/mol. The molecule has 0 aliphatic rings. The van der Waals surface area contributed by atoms with Crippen LogP contribution in [0.15, 0.2) is 60.7 Å². The molecular weight excluding hydrogens is 298 g/mol. The molecule has 4 heteroatoms. The van der Waals surface area contributed by atoms with Gasteiger partial charge in [-0.25, -0.2) is 0 Å². The molecule has 3 aromatic rings. The fraction of sp³-hybridized carbons (Fsp3) is 0.200. The number of hydrogen-bond acceptors (Lipinski definition) is 2. The molecule has 0 unspecified atom stereocenters. The maximum atomic E-state index is 12.3. The van der Waals surface area contributed by atoms with Gasteiger partial charge in [0.15, 0.2) is 0 Å². The number of benzene rings is 2. The summed E-state index contributed by atoms with van der Waals surface area (Å²) >= 11 is 0. The first kappa shape index (κ1) is 16.0. The number of nitrogens with one attached hydrogen (secondary N) is 2. The summed E-state index contributed by atoms with van der Waals surface area (Å²) < 4.78 is 0. The topological polar surface area (TPSA) is 57.8 Å². The molecule has 0 saturated carbocycles. The third kappa shape index (κ3) is 4.10. The van der Waals surface area contributed by atoms with E-state index in [1.807, 2.05) is 55.5 Å². The van der Waals surface area contributed by atoms with Gasteiger partial charge < -0.3 is 5.32 Å². The summed E-state index contributed by atoms with van der Waals surface area (Å²) in [5, 5.41) is 10.3. The lowest BCUT2D eigenvalue weighted by Gasteiger charge is -2.07. The van der Waals surface area contributed by atoms with Crippen molar-refractivity contribution in [2.75, 3.05) is 5.32 Å². The summed E-state index contributed by atoms with van der Waals surface area (Å²) in [7, 11) is 0. The summed E-state index contributed by atoms with van der Waals surface area (Å²) in [5.41, 5.74) is 4.87. The minimum Gasteiger partial charge on any atom is -0.323 e. The molecule has 4 nitrogen and oxygen atoms in total. The monoisotopic (exact) mass is 319 g/mol.